The Hall–Kier alpha value is -1.84. The smallest absolute Gasteiger partial charge is 0.163 e. The number of phenolic OH excluding ortho intramolecular Hbond substituents is 1. The number of methoxy groups -OCH3 is 1. The Kier molecular flexibility index (Phi) is 3.09. The largest absolute Gasteiger partial charge is 0.504 e. The molecule has 0 aromatic heterocycles. The molecule has 0 heterocycles. The van der Waals surface area contributed by atoms with Crippen LogP contribution in [0.2, 0.25) is 0 Å². The molecule has 122 valence electrons. The van der Waals surface area contributed by atoms with Crippen LogP contribution in [0.5, 0.6) is 11.5 Å². The first kappa shape index (κ1) is 14.7. The summed E-state index contributed by atoms with van der Waals surface area (Å²) in [6, 6.07) is 3.39. The highest BCUT2D eigenvalue weighted by atomic mass is 16.5. The molecule has 1 aromatic carbocycles. The van der Waals surface area contributed by atoms with Crippen LogP contribution in [0.4, 0.5) is 0 Å². The third-order valence-electron chi connectivity index (χ3n) is 6.62. The van der Waals surface area contributed by atoms with Crippen LogP contribution in [-0.2, 0) is 4.79 Å². The molecular formula is C19H22O4. The first-order valence-electron chi connectivity index (χ1n) is 8.43. The number of benzene rings is 1. The van der Waals surface area contributed by atoms with E-state index in [4.69, 9.17) is 4.74 Å². The number of ketones is 2. The van der Waals surface area contributed by atoms with Gasteiger partial charge >= 0.3 is 0 Å². The fraction of sp³-hybridized carbons (Fsp3) is 0.579. The van der Waals surface area contributed by atoms with Gasteiger partial charge in [0.15, 0.2) is 17.3 Å². The number of hydrogen-bond acceptors (Lipinski definition) is 4. The third-order valence-corrected chi connectivity index (χ3v) is 6.62. The van der Waals surface area contributed by atoms with Crippen molar-refractivity contribution in [1.29, 1.82) is 0 Å². The number of carbonyl (C=O) groups excluding carboxylic acids is 2. The van der Waals surface area contributed by atoms with E-state index in [-0.39, 0.29) is 22.9 Å². The minimum Gasteiger partial charge on any atom is -0.504 e. The number of carbonyl (C=O) groups is 2. The van der Waals surface area contributed by atoms with Gasteiger partial charge in [0, 0.05) is 23.8 Å². The zero-order chi connectivity index (χ0) is 16.4. The Morgan fingerprint density at radius 2 is 2.04 bits per heavy atom. The molecule has 3 aliphatic rings. The molecule has 1 N–H and O–H groups in total. The first-order valence-corrected chi connectivity index (χ1v) is 8.43. The van der Waals surface area contributed by atoms with Crippen molar-refractivity contribution in [3.05, 3.63) is 23.3 Å². The molecule has 0 saturated heterocycles. The van der Waals surface area contributed by atoms with Crippen LogP contribution in [-0.4, -0.2) is 23.8 Å². The van der Waals surface area contributed by atoms with Crippen molar-refractivity contribution in [3.63, 3.8) is 0 Å². The second-order valence-corrected chi connectivity index (χ2v) is 7.53. The van der Waals surface area contributed by atoms with Crippen LogP contribution in [0.25, 0.3) is 0 Å². The van der Waals surface area contributed by atoms with Gasteiger partial charge in [0.1, 0.15) is 5.78 Å². The summed E-state index contributed by atoms with van der Waals surface area (Å²) in [4.78, 5) is 25.0. The Labute approximate surface area is 135 Å². The lowest BCUT2D eigenvalue weighted by atomic mass is 9.55. The van der Waals surface area contributed by atoms with Gasteiger partial charge in [0.25, 0.3) is 0 Å². The number of aromatic hydroxyl groups is 1. The van der Waals surface area contributed by atoms with Crippen molar-refractivity contribution in [2.45, 2.75) is 44.9 Å². The van der Waals surface area contributed by atoms with Crippen molar-refractivity contribution in [2.75, 3.05) is 7.11 Å². The molecule has 23 heavy (non-hydrogen) atoms. The topological polar surface area (TPSA) is 63.6 Å². The van der Waals surface area contributed by atoms with Gasteiger partial charge in [0.2, 0.25) is 0 Å². The summed E-state index contributed by atoms with van der Waals surface area (Å²) >= 11 is 0. The van der Waals surface area contributed by atoms with E-state index < -0.39 is 0 Å². The monoisotopic (exact) mass is 314 g/mol. The van der Waals surface area contributed by atoms with Crippen LogP contribution in [0.15, 0.2) is 12.1 Å². The minimum absolute atomic E-state index is 0.0229. The number of hydrogen-bond donors (Lipinski definition) is 1. The Morgan fingerprint density at radius 1 is 1.26 bits per heavy atom. The van der Waals surface area contributed by atoms with E-state index in [1.54, 1.807) is 6.07 Å². The lowest BCUT2D eigenvalue weighted by Gasteiger charge is -2.47. The zero-order valence-corrected chi connectivity index (χ0v) is 13.6. The number of ether oxygens (including phenoxy) is 1. The van der Waals surface area contributed by atoms with Gasteiger partial charge in [-0.3, -0.25) is 9.59 Å². The van der Waals surface area contributed by atoms with E-state index in [2.05, 4.69) is 6.92 Å². The maximum atomic E-state index is 12.6. The number of fused-ring (bicyclic) bond motifs is 5. The fourth-order valence-electron chi connectivity index (χ4n) is 5.35. The molecule has 3 aliphatic carbocycles. The van der Waals surface area contributed by atoms with Crippen LogP contribution < -0.4 is 4.74 Å². The quantitative estimate of drug-likeness (QED) is 0.862. The standard InChI is InChI=1S/C19H22O4/c1-19-6-5-10-11-9-17(23-2)16(21)8-13(11)15(20)7-12(10)14(19)3-4-18(19)22/h8-10,12,14,21H,3-7H2,1-2H3/t10?,12?,14?,19-/m0/s1. The Balaban J connectivity index is 1.80. The lowest BCUT2D eigenvalue weighted by molar-refractivity contribution is -0.129. The molecule has 4 rings (SSSR count). The average molecular weight is 314 g/mol. The van der Waals surface area contributed by atoms with Gasteiger partial charge in [-0.1, -0.05) is 6.92 Å². The van der Waals surface area contributed by atoms with Gasteiger partial charge in [-0.05, 0) is 54.7 Å². The summed E-state index contributed by atoms with van der Waals surface area (Å²) in [5.74, 6) is 1.76. The Morgan fingerprint density at radius 3 is 2.78 bits per heavy atom. The number of phenols is 1. The molecule has 0 radical (unpaired) electrons. The second kappa shape index (κ2) is 4.83. The number of Topliss-reactive ketones (excluding diaryl/α,β-unsaturated/α-hetero) is 2. The van der Waals surface area contributed by atoms with Gasteiger partial charge in [-0.2, -0.15) is 0 Å². The molecular weight excluding hydrogens is 292 g/mol. The normalized spacial score (nSPS) is 35.5. The van der Waals surface area contributed by atoms with E-state index in [9.17, 15) is 14.7 Å². The van der Waals surface area contributed by atoms with Crippen molar-refractivity contribution in [3.8, 4) is 11.5 Å². The highest BCUT2D eigenvalue weighted by Crippen LogP contribution is 2.60. The second-order valence-electron chi connectivity index (χ2n) is 7.53. The Bertz CT molecular complexity index is 708. The molecule has 4 heteroatoms. The summed E-state index contributed by atoms with van der Waals surface area (Å²) in [6.07, 6.45) is 3.89. The summed E-state index contributed by atoms with van der Waals surface area (Å²) in [5, 5.41) is 9.98. The van der Waals surface area contributed by atoms with E-state index in [0.29, 0.717) is 41.8 Å². The maximum Gasteiger partial charge on any atom is 0.163 e. The van der Waals surface area contributed by atoms with E-state index in [1.165, 1.54) is 7.11 Å². The number of rotatable bonds is 1. The summed E-state index contributed by atoms with van der Waals surface area (Å²) in [5.41, 5.74) is 1.40. The summed E-state index contributed by atoms with van der Waals surface area (Å²) in [7, 11) is 1.52. The molecule has 4 atom stereocenters. The zero-order valence-electron chi connectivity index (χ0n) is 13.6. The molecule has 0 aliphatic heterocycles. The predicted molar refractivity (Wildman–Crippen MR) is 84.9 cm³/mol. The molecule has 3 unspecified atom stereocenters. The highest BCUT2D eigenvalue weighted by Gasteiger charge is 2.55. The van der Waals surface area contributed by atoms with Crippen LogP contribution >= 0.6 is 0 Å². The van der Waals surface area contributed by atoms with E-state index in [1.807, 2.05) is 6.07 Å². The SMILES string of the molecule is COc1cc2c(cc1O)C(=O)CC1C2CC[C@]2(C)C(=O)CCC12. The predicted octanol–water partition coefficient (Wildman–Crippen LogP) is 3.47. The maximum absolute atomic E-state index is 12.6. The van der Waals surface area contributed by atoms with Crippen LogP contribution in [0.1, 0.15) is 60.9 Å². The molecule has 0 bridgehead atoms. The molecule has 2 saturated carbocycles. The fourth-order valence-corrected chi connectivity index (χ4v) is 5.35. The summed E-state index contributed by atoms with van der Waals surface area (Å²) < 4.78 is 5.23. The third kappa shape index (κ3) is 1.90. The van der Waals surface area contributed by atoms with Crippen LogP contribution in [0.3, 0.4) is 0 Å². The van der Waals surface area contributed by atoms with Gasteiger partial charge in [-0.15, -0.1) is 0 Å². The summed E-state index contributed by atoms with van der Waals surface area (Å²) in [6.45, 7) is 2.10. The molecule has 1 aromatic rings. The molecule has 0 spiro atoms. The minimum atomic E-state index is -0.236. The molecule has 0 amide bonds. The van der Waals surface area contributed by atoms with E-state index >= 15 is 0 Å². The van der Waals surface area contributed by atoms with Gasteiger partial charge in [0.05, 0.1) is 7.11 Å². The molecule has 4 nitrogen and oxygen atoms in total. The van der Waals surface area contributed by atoms with Crippen molar-refractivity contribution < 1.29 is 19.4 Å². The van der Waals surface area contributed by atoms with Crippen LogP contribution in [0, 0.1) is 17.3 Å². The average Bonchev–Trinajstić information content (AvgIpc) is 2.83. The van der Waals surface area contributed by atoms with Crippen molar-refractivity contribution in [1.82, 2.24) is 0 Å². The molecule has 2 fully saturated rings. The lowest BCUT2D eigenvalue weighted by Crippen LogP contribution is -2.43. The van der Waals surface area contributed by atoms with Crippen molar-refractivity contribution in [2.24, 2.45) is 17.3 Å². The van der Waals surface area contributed by atoms with Crippen molar-refractivity contribution >= 4 is 11.6 Å². The van der Waals surface area contributed by atoms with Gasteiger partial charge in [-0.25, -0.2) is 0 Å². The highest BCUT2D eigenvalue weighted by molar-refractivity contribution is 6.00. The van der Waals surface area contributed by atoms with E-state index in [0.717, 1.165) is 24.8 Å². The van der Waals surface area contributed by atoms with Gasteiger partial charge < -0.3 is 9.84 Å². The first-order chi connectivity index (χ1) is 11.0.